The summed E-state index contributed by atoms with van der Waals surface area (Å²) in [6.45, 7) is 0. The van der Waals surface area contributed by atoms with Crippen LogP contribution in [0, 0.1) is 12.3 Å². The predicted octanol–water partition coefficient (Wildman–Crippen LogP) is 3.19. The lowest BCUT2D eigenvalue weighted by Crippen LogP contribution is -2.43. The Labute approximate surface area is 147 Å². The van der Waals surface area contributed by atoms with Crippen molar-refractivity contribution in [3.8, 4) is 12.3 Å². The number of aliphatic carboxylic acids is 1. The second kappa shape index (κ2) is 9.29. The van der Waals surface area contributed by atoms with Gasteiger partial charge < -0.3 is 10.4 Å². The van der Waals surface area contributed by atoms with Crippen LogP contribution in [-0.4, -0.2) is 23.0 Å². The van der Waals surface area contributed by atoms with Gasteiger partial charge in [-0.1, -0.05) is 60.7 Å². The van der Waals surface area contributed by atoms with Crippen molar-refractivity contribution >= 4 is 11.9 Å². The number of carbonyl (C=O) groups excluding carboxylic acids is 1. The molecule has 25 heavy (non-hydrogen) atoms. The Bertz CT molecular complexity index is 695. The highest BCUT2D eigenvalue weighted by Crippen LogP contribution is 2.25. The molecule has 0 heterocycles. The smallest absolute Gasteiger partial charge is 0.326 e. The van der Waals surface area contributed by atoms with Crippen LogP contribution in [-0.2, 0) is 9.59 Å². The van der Waals surface area contributed by atoms with Gasteiger partial charge in [-0.15, -0.1) is 12.3 Å². The molecule has 1 amide bonds. The molecule has 0 radical (unpaired) electrons. The number of carboxylic acid groups (broad SMARTS) is 1. The van der Waals surface area contributed by atoms with Crippen LogP contribution in [0.2, 0.25) is 0 Å². The van der Waals surface area contributed by atoms with Gasteiger partial charge in [0.05, 0.1) is 5.92 Å². The number of amides is 1. The Balaban J connectivity index is 2.23. The lowest BCUT2D eigenvalue weighted by atomic mass is 9.90. The molecular formula is C21H21NO3. The van der Waals surface area contributed by atoms with E-state index in [2.05, 4.69) is 11.2 Å². The number of carboxylic acids is 1. The minimum atomic E-state index is -1.05. The van der Waals surface area contributed by atoms with Crippen LogP contribution in [0.15, 0.2) is 60.7 Å². The van der Waals surface area contributed by atoms with Crippen molar-refractivity contribution in [1.29, 1.82) is 0 Å². The molecule has 2 aromatic carbocycles. The SMILES string of the molecule is C#CCCC[C@H](NC(=O)C(c1ccccc1)c1ccccc1)C(=O)O. The summed E-state index contributed by atoms with van der Waals surface area (Å²) in [5, 5.41) is 12.0. The van der Waals surface area contributed by atoms with E-state index in [4.69, 9.17) is 6.42 Å². The third kappa shape index (κ3) is 5.22. The zero-order valence-electron chi connectivity index (χ0n) is 13.9. The van der Waals surface area contributed by atoms with Crippen molar-refractivity contribution in [2.45, 2.75) is 31.2 Å². The monoisotopic (exact) mass is 335 g/mol. The molecule has 0 spiro atoms. The molecule has 0 aliphatic heterocycles. The van der Waals surface area contributed by atoms with Crippen molar-refractivity contribution < 1.29 is 14.7 Å². The van der Waals surface area contributed by atoms with Crippen LogP contribution in [0.4, 0.5) is 0 Å². The van der Waals surface area contributed by atoms with E-state index in [9.17, 15) is 14.7 Å². The van der Waals surface area contributed by atoms with Crippen molar-refractivity contribution in [2.24, 2.45) is 0 Å². The summed E-state index contributed by atoms with van der Waals surface area (Å²) in [6, 6.07) is 17.7. The van der Waals surface area contributed by atoms with E-state index in [1.807, 2.05) is 60.7 Å². The number of hydrogen-bond acceptors (Lipinski definition) is 2. The van der Waals surface area contributed by atoms with Crippen LogP contribution in [0.3, 0.4) is 0 Å². The first kappa shape index (κ1) is 18.3. The maximum Gasteiger partial charge on any atom is 0.326 e. The van der Waals surface area contributed by atoms with Gasteiger partial charge >= 0.3 is 5.97 Å². The Hall–Kier alpha value is -3.06. The molecule has 0 saturated carbocycles. The molecule has 128 valence electrons. The summed E-state index contributed by atoms with van der Waals surface area (Å²) in [5.74, 6) is 0.547. The van der Waals surface area contributed by atoms with Crippen LogP contribution < -0.4 is 5.32 Å². The third-order valence-electron chi connectivity index (χ3n) is 3.96. The summed E-state index contributed by atoms with van der Waals surface area (Å²) in [7, 11) is 0. The molecule has 2 N–H and O–H groups in total. The van der Waals surface area contributed by atoms with Gasteiger partial charge in [0.15, 0.2) is 0 Å². The van der Waals surface area contributed by atoms with Gasteiger partial charge in [-0.05, 0) is 24.0 Å². The predicted molar refractivity (Wildman–Crippen MR) is 97.0 cm³/mol. The van der Waals surface area contributed by atoms with E-state index < -0.39 is 17.9 Å². The number of unbranched alkanes of at least 4 members (excludes halogenated alkanes) is 1. The van der Waals surface area contributed by atoms with Crippen LogP contribution >= 0.6 is 0 Å². The van der Waals surface area contributed by atoms with E-state index in [1.54, 1.807) is 0 Å². The summed E-state index contributed by atoms with van der Waals surface area (Å²) in [6.07, 6.45) is 6.55. The Morgan fingerprint density at radius 2 is 1.52 bits per heavy atom. The number of nitrogens with one attached hydrogen (secondary N) is 1. The molecule has 1 atom stereocenters. The maximum atomic E-state index is 12.9. The van der Waals surface area contributed by atoms with Gasteiger partial charge in [-0.2, -0.15) is 0 Å². The quantitative estimate of drug-likeness (QED) is 0.575. The molecule has 2 rings (SSSR count). The molecule has 0 saturated heterocycles. The zero-order valence-corrected chi connectivity index (χ0v) is 13.9. The van der Waals surface area contributed by atoms with Crippen molar-refractivity contribution in [3.63, 3.8) is 0 Å². The fourth-order valence-corrected chi connectivity index (χ4v) is 2.71. The van der Waals surface area contributed by atoms with E-state index >= 15 is 0 Å². The van der Waals surface area contributed by atoms with Gasteiger partial charge in [0, 0.05) is 6.42 Å². The van der Waals surface area contributed by atoms with Gasteiger partial charge in [0.1, 0.15) is 6.04 Å². The lowest BCUT2D eigenvalue weighted by molar-refractivity contribution is -0.142. The molecule has 0 aliphatic carbocycles. The summed E-state index contributed by atoms with van der Waals surface area (Å²) in [5.41, 5.74) is 1.64. The first-order valence-electron chi connectivity index (χ1n) is 8.20. The molecule has 0 aromatic heterocycles. The lowest BCUT2D eigenvalue weighted by Gasteiger charge is -2.21. The van der Waals surface area contributed by atoms with E-state index in [1.165, 1.54) is 0 Å². The van der Waals surface area contributed by atoms with E-state index in [0.717, 1.165) is 11.1 Å². The van der Waals surface area contributed by atoms with E-state index in [0.29, 0.717) is 19.3 Å². The van der Waals surface area contributed by atoms with Gasteiger partial charge in [-0.3, -0.25) is 4.79 Å². The number of rotatable bonds is 8. The average Bonchev–Trinajstić information content (AvgIpc) is 2.63. The number of carbonyl (C=O) groups is 2. The molecule has 2 aromatic rings. The summed E-state index contributed by atoms with van der Waals surface area (Å²) >= 11 is 0. The van der Waals surface area contributed by atoms with Crippen molar-refractivity contribution in [1.82, 2.24) is 5.32 Å². The largest absolute Gasteiger partial charge is 0.480 e. The Morgan fingerprint density at radius 3 is 1.96 bits per heavy atom. The number of benzene rings is 2. The zero-order chi connectivity index (χ0) is 18.1. The second-order valence-electron chi connectivity index (χ2n) is 5.75. The summed E-state index contributed by atoms with van der Waals surface area (Å²) < 4.78 is 0. The molecule has 0 bridgehead atoms. The molecule has 4 heteroatoms. The first-order chi connectivity index (χ1) is 12.1. The highest BCUT2D eigenvalue weighted by atomic mass is 16.4. The molecule has 0 unspecified atom stereocenters. The normalized spacial score (nSPS) is 11.5. The van der Waals surface area contributed by atoms with Crippen molar-refractivity contribution in [3.05, 3.63) is 71.8 Å². The minimum absolute atomic E-state index is 0.307. The van der Waals surface area contributed by atoms with Gasteiger partial charge in [0.25, 0.3) is 0 Å². The molecular weight excluding hydrogens is 314 g/mol. The average molecular weight is 335 g/mol. The van der Waals surface area contributed by atoms with Crippen molar-refractivity contribution in [2.75, 3.05) is 0 Å². The highest BCUT2D eigenvalue weighted by Gasteiger charge is 2.27. The minimum Gasteiger partial charge on any atom is -0.480 e. The fraction of sp³-hybridized carbons (Fsp3) is 0.238. The maximum absolute atomic E-state index is 12.9. The Morgan fingerprint density at radius 1 is 1.00 bits per heavy atom. The van der Waals surface area contributed by atoms with Crippen LogP contribution in [0.5, 0.6) is 0 Å². The second-order valence-corrected chi connectivity index (χ2v) is 5.75. The number of hydrogen-bond donors (Lipinski definition) is 2. The summed E-state index contributed by atoms with van der Waals surface area (Å²) in [4.78, 5) is 24.3. The third-order valence-corrected chi connectivity index (χ3v) is 3.96. The highest BCUT2D eigenvalue weighted by molar-refractivity contribution is 5.90. The van der Waals surface area contributed by atoms with Gasteiger partial charge in [0.2, 0.25) is 5.91 Å². The topological polar surface area (TPSA) is 66.4 Å². The molecule has 0 fully saturated rings. The standard InChI is InChI=1S/C21H21NO3/c1-2-3-6-15-18(21(24)25)22-20(23)19(16-11-7-4-8-12-16)17-13-9-5-10-14-17/h1,4-5,7-14,18-19H,3,6,15H2,(H,22,23)(H,24,25)/t18-/m0/s1. The first-order valence-corrected chi connectivity index (χ1v) is 8.20. The fourth-order valence-electron chi connectivity index (χ4n) is 2.71. The van der Waals surface area contributed by atoms with Gasteiger partial charge in [-0.25, -0.2) is 4.79 Å². The number of terminal acetylenes is 1. The Kier molecular flexibility index (Phi) is 6.79. The van der Waals surface area contributed by atoms with E-state index in [-0.39, 0.29) is 5.91 Å². The van der Waals surface area contributed by atoms with Crippen LogP contribution in [0.1, 0.15) is 36.3 Å². The van der Waals surface area contributed by atoms with Crippen LogP contribution in [0.25, 0.3) is 0 Å². The molecule has 4 nitrogen and oxygen atoms in total. The molecule has 0 aliphatic rings.